The second-order valence-corrected chi connectivity index (χ2v) is 8.10. The van der Waals surface area contributed by atoms with Crippen LogP contribution in [0.3, 0.4) is 0 Å². The highest BCUT2D eigenvalue weighted by Crippen LogP contribution is 2.31. The molecule has 0 aliphatic heterocycles. The van der Waals surface area contributed by atoms with E-state index in [0.29, 0.717) is 43.1 Å². The molecule has 0 radical (unpaired) electrons. The lowest BCUT2D eigenvalue weighted by molar-refractivity contribution is 0.459. The molecule has 1 heterocycles. The number of aryl methyl sites for hydroxylation is 1. The second kappa shape index (κ2) is 8.35. The van der Waals surface area contributed by atoms with E-state index >= 15 is 0 Å². The van der Waals surface area contributed by atoms with E-state index in [1.54, 1.807) is 55.5 Å². The fraction of sp³-hybridized carbons (Fsp3) is 0.111. The van der Waals surface area contributed by atoms with Crippen molar-refractivity contribution in [1.29, 1.82) is 0 Å². The molecular weight excluding hydrogens is 415 g/mol. The first-order valence-electron chi connectivity index (χ1n) is 7.52. The predicted octanol–water partition coefficient (Wildman–Crippen LogP) is 5.85. The molecule has 8 heteroatoms. The van der Waals surface area contributed by atoms with E-state index in [9.17, 15) is 4.21 Å². The Hall–Kier alpha value is -1.66. The number of benzene rings is 2. The topological polar surface area (TPSA) is 52.1 Å². The van der Waals surface area contributed by atoms with Gasteiger partial charge in [-0.15, -0.1) is 0 Å². The van der Waals surface area contributed by atoms with Crippen molar-refractivity contribution in [2.75, 3.05) is 0 Å². The van der Waals surface area contributed by atoms with Crippen LogP contribution in [0.1, 0.15) is 11.5 Å². The summed E-state index contributed by atoms with van der Waals surface area (Å²) in [5.41, 5.74) is 0.603. The minimum absolute atomic E-state index is 0.232. The third kappa shape index (κ3) is 4.95. The van der Waals surface area contributed by atoms with Crippen molar-refractivity contribution in [2.45, 2.75) is 17.6 Å². The zero-order valence-corrected chi connectivity index (χ0v) is 16.7. The standard InChI is InChI=1S/C18H13Cl3N2O2S/c1-11-22-14(10-26(24)15-5-2-12(19)3-6-15)9-18(23-11)25-17-7-4-13(20)8-16(17)21/h2-9H,10H2,1H3/t26-/m0/s1. The fourth-order valence-corrected chi connectivity index (χ4v) is 3.80. The Morgan fingerprint density at radius 3 is 2.35 bits per heavy atom. The maximum atomic E-state index is 12.5. The van der Waals surface area contributed by atoms with Gasteiger partial charge in [-0.3, -0.25) is 4.21 Å². The second-order valence-electron chi connectivity index (χ2n) is 5.37. The van der Waals surface area contributed by atoms with Crippen LogP contribution in [0.5, 0.6) is 11.6 Å². The molecule has 2 aromatic carbocycles. The molecule has 0 saturated carbocycles. The lowest BCUT2D eigenvalue weighted by Crippen LogP contribution is -2.02. The summed E-state index contributed by atoms with van der Waals surface area (Å²) in [4.78, 5) is 9.25. The summed E-state index contributed by atoms with van der Waals surface area (Å²) in [7, 11) is -1.26. The first-order valence-corrected chi connectivity index (χ1v) is 9.97. The molecule has 0 fully saturated rings. The summed E-state index contributed by atoms with van der Waals surface area (Å²) in [6.45, 7) is 1.74. The van der Waals surface area contributed by atoms with E-state index < -0.39 is 10.8 Å². The fourth-order valence-electron chi connectivity index (χ4n) is 2.20. The van der Waals surface area contributed by atoms with Crippen molar-refractivity contribution in [3.8, 4) is 11.6 Å². The van der Waals surface area contributed by atoms with Gasteiger partial charge >= 0.3 is 0 Å². The van der Waals surface area contributed by atoms with Crippen LogP contribution in [0.2, 0.25) is 15.1 Å². The Labute approximate surface area is 168 Å². The third-order valence-electron chi connectivity index (χ3n) is 3.33. The average molecular weight is 428 g/mol. The number of halogens is 3. The van der Waals surface area contributed by atoms with Crippen molar-refractivity contribution in [3.63, 3.8) is 0 Å². The monoisotopic (exact) mass is 426 g/mol. The van der Waals surface area contributed by atoms with Gasteiger partial charge in [0, 0.05) is 21.0 Å². The lowest BCUT2D eigenvalue weighted by atomic mass is 10.3. The van der Waals surface area contributed by atoms with Crippen LogP contribution >= 0.6 is 34.8 Å². The van der Waals surface area contributed by atoms with Crippen LogP contribution in [0.15, 0.2) is 53.4 Å². The number of aromatic nitrogens is 2. The number of hydrogen-bond donors (Lipinski definition) is 0. The van der Waals surface area contributed by atoms with Crippen LogP contribution in [0.25, 0.3) is 0 Å². The zero-order chi connectivity index (χ0) is 18.7. The Morgan fingerprint density at radius 2 is 1.65 bits per heavy atom. The highest BCUT2D eigenvalue weighted by atomic mass is 35.5. The van der Waals surface area contributed by atoms with E-state index in [0.717, 1.165) is 0 Å². The summed E-state index contributed by atoms with van der Waals surface area (Å²) < 4.78 is 18.3. The van der Waals surface area contributed by atoms with Gasteiger partial charge in [-0.1, -0.05) is 34.8 Å². The van der Waals surface area contributed by atoms with E-state index in [1.807, 2.05) is 0 Å². The minimum atomic E-state index is -1.26. The molecule has 1 atom stereocenters. The SMILES string of the molecule is Cc1nc(C[S@](=O)c2ccc(Cl)cc2)cc(Oc2ccc(Cl)cc2Cl)n1. The summed E-state index contributed by atoms with van der Waals surface area (Å²) in [5, 5.41) is 1.49. The Morgan fingerprint density at radius 1 is 0.962 bits per heavy atom. The molecule has 3 rings (SSSR count). The van der Waals surface area contributed by atoms with Gasteiger partial charge in [0.1, 0.15) is 11.6 Å². The Kier molecular flexibility index (Phi) is 6.14. The van der Waals surface area contributed by atoms with Gasteiger partial charge in [0.05, 0.1) is 27.3 Å². The Bertz CT molecular complexity index is 965. The molecule has 0 spiro atoms. The molecule has 0 aliphatic carbocycles. The van der Waals surface area contributed by atoms with Gasteiger partial charge in [-0.2, -0.15) is 4.98 Å². The average Bonchev–Trinajstić information content (AvgIpc) is 2.57. The molecule has 0 saturated heterocycles. The van der Waals surface area contributed by atoms with Crippen molar-refractivity contribution < 1.29 is 8.95 Å². The van der Waals surface area contributed by atoms with Crippen LogP contribution in [0, 0.1) is 6.92 Å². The van der Waals surface area contributed by atoms with E-state index in [2.05, 4.69) is 9.97 Å². The maximum Gasteiger partial charge on any atom is 0.222 e. The summed E-state index contributed by atoms with van der Waals surface area (Å²) >= 11 is 17.9. The van der Waals surface area contributed by atoms with E-state index in [1.165, 1.54) is 0 Å². The summed E-state index contributed by atoms with van der Waals surface area (Å²) in [6.07, 6.45) is 0. The van der Waals surface area contributed by atoms with Crippen molar-refractivity contribution in [1.82, 2.24) is 9.97 Å². The number of ether oxygens (including phenoxy) is 1. The lowest BCUT2D eigenvalue weighted by Gasteiger charge is -2.09. The maximum absolute atomic E-state index is 12.5. The highest BCUT2D eigenvalue weighted by Gasteiger charge is 2.11. The van der Waals surface area contributed by atoms with Crippen molar-refractivity contribution in [3.05, 3.63) is 75.1 Å². The van der Waals surface area contributed by atoms with Gasteiger partial charge in [-0.25, -0.2) is 4.98 Å². The highest BCUT2D eigenvalue weighted by molar-refractivity contribution is 7.84. The van der Waals surface area contributed by atoms with Gasteiger partial charge < -0.3 is 4.74 Å². The minimum Gasteiger partial charge on any atom is -0.437 e. The quantitative estimate of drug-likeness (QED) is 0.513. The number of nitrogens with zero attached hydrogens (tertiary/aromatic N) is 2. The number of rotatable bonds is 5. The van der Waals surface area contributed by atoms with Crippen LogP contribution in [-0.2, 0) is 16.6 Å². The number of hydrogen-bond acceptors (Lipinski definition) is 4. The molecule has 26 heavy (non-hydrogen) atoms. The van der Waals surface area contributed by atoms with Gasteiger partial charge in [0.25, 0.3) is 0 Å². The van der Waals surface area contributed by atoms with E-state index in [-0.39, 0.29) is 5.75 Å². The molecule has 0 aliphatic rings. The normalized spacial score (nSPS) is 12.0. The molecule has 0 amide bonds. The molecule has 0 unspecified atom stereocenters. The van der Waals surface area contributed by atoms with Gasteiger partial charge in [0.2, 0.25) is 5.88 Å². The molecule has 1 aromatic heterocycles. The molecule has 134 valence electrons. The predicted molar refractivity (Wildman–Crippen MR) is 105 cm³/mol. The van der Waals surface area contributed by atoms with Gasteiger partial charge in [0.15, 0.2) is 0 Å². The first kappa shape index (κ1) is 19.1. The molecule has 0 N–H and O–H groups in total. The summed E-state index contributed by atoms with van der Waals surface area (Å²) in [5.74, 6) is 1.50. The van der Waals surface area contributed by atoms with Crippen LogP contribution in [0.4, 0.5) is 0 Å². The molecular formula is C18H13Cl3N2O2S. The largest absolute Gasteiger partial charge is 0.437 e. The van der Waals surface area contributed by atoms with Crippen molar-refractivity contribution >= 4 is 45.6 Å². The third-order valence-corrected chi connectivity index (χ3v) is 5.47. The molecule has 0 bridgehead atoms. The molecule has 4 nitrogen and oxygen atoms in total. The van der Waals surface area contributed by atoms with E-state index in [4.69, 9.17) is 39.5 Å². The van der Waals surface area contributed by atoms with Crippen molar-refractivity contribution in [2.24, 2.45) is 0 Å². The van der Waals surface area contributed by atoms with Gasteiger partial charge in [-0.05, 0) is 49.4 Å². The van der Waals surface area contributed by atoms with Crippen LogP contribution < -0.4 is 4.74 Å². The van der Waals surface area contributed by atoms with Crippen LogP contribution in [-0.4, -0.2) is 14.2 Å². The summed E-state index contributed by atoms with van der Waals surface area (Å²) in [6, 6.07) is 13.4. The molecule has 3 aromatic rings. The zero-order valence-electron chi connectivity index (χ0n) is 13.6. The smallest absolute Gasteiger partial charge is 0.222 e. The Balaban J connectivity index is 1.81. The first-order chi connectivity index (χ1) is 12.4.